The van der Waals surface area contributed by atoms with E-state index in [1.54, 1.807) is 0 Å². The number of aryl methyl sites for hydroxylation is 1. The van der Waals surface area contributed by atoms with Gasteiger partial charge in [0.05, 0.1) is 11.8 Å². The fourth-order valence-electron chi connectivity index (χ4n) is 1.35. The summed E-state index contributed by atoms with van der Waals surface area (Å²) in [5, 5.41) is 19.8. The fraction of sp³-hybridized carbons (Fsp3) is 0.700. The Balaban J connectivity index is 2.76. The van der Waals surface area contributed by atoms with Crippen molar-refractivity contribution in [2.75, 3.05) is 5.33 Å². The minimum atomic E-state index is -1.03. The maximum absolute atomic E-state index is 9.77. The van der Waals surface area contributed by atoms with Gasteiger partial charge >= 0.3 is 0 Å². The minimum Gasteiger partial charge on any atom is -0.389 e. The van der Waals surface area contributed by atoms with Gasteiger partial charge in [-0.3, -0.25) is 0 Å². The molecule has 0 aliphatic carbocycles. The molecule has 6 heteroatoms. The van der Waals surface area contributed by atoms with Crippen molar-refractivity contribution >= 4 is 27.5 Å². The lowest BCUT2D eigenvalue weighted by molar-refractivity contribution is 0.0318. The van der Waals surface area contributed by atoms with Gasteiger partial charge in [-0.1, -0.05) is 40.9 Å². The molecule has 2 atom stereocenters. The zero-order chi connectivity index (χ0) is 12.1. The molecule has 1 aromatic rings. The van der Waals surface area contributed by atoms with E-state index in [2.05, 4.69) is 32.8 Å². The largest absolute Gasteiger partial charge is 0.389 e. The number of H-pyrrole nitrogens is 1. The van der Waals surface area contributed by atoms with Crippen LogP contribution in [0, 0.1) is 0 Å². The molecule has 0 bridgehead atoms. The van der Waals surface area contributed by atoms with Gasteiger partial charge in [0.25, 0.3) is 0 Å². The van der Waals surface area contributed by atoms with Gasteiger partial charge in [0.15, 0.2) is 5.15 Å². The Bertz CT molecular complexity index is 333. The van der Waals surface area contributed by atoms with E-state index < -0.39 is 12.2 Å². The van der Waals surface area contributed by atoms with Crippen LogP contribution in [-0.2, 0) is 6.42 Å². The van der Waals surface area contributed by atoms with Crippen molar-refractivity contribution in [1.82, 2.24) is 9.97 Å². The number of halogens is 2. The molecule has 0 radical (unpaired) electrons. The van der Waals surface area contributed by atoms with Crippen LogP contribution < -0.4 is 0 Å². The molecule has 3 N–H and O–H groups in total. The number of aromatic amines is 1. The molecular weight excluding hydrogens is 295 g/mol. The zero-order valence-electron chi connectivity index (χ0n) is 9.08. The van der Waals surface area contributed by atoms with Crippen LogP contribution in [0.4, 0.5) is 0 Å². The van der Waals surface area contributed by atoms with Crippen molar-refractivity contribution in [3.63, 3.8) is 0 Å². The average molecular weight is 312 g/mol. The van der Waals surface area contributed by atoms with E-state index >= 15 is 0 Å². The van der Waals surface area contributed by atoms with Crippen molar-refractivity contribution in [3.05, 3.63) is 16.7 Å². The normalized spacial score (nSPS) is 15.1. The molecule has 2 unspecified atom stereocenters. The first-order valence-corrected chi connectivity index (χ1v) is 6.76. The first kappa shape index (κ1) is 14.0. The third kappa shape index (κ3) is 3.45. The number of rotatable bonds is 6. The number of nitrogens with zero attached hydrogens (tertiary/aromatic N) is 1. The summed E-state index contributed by atoms with van der Waals surface area (Å²) in [7, 11) is 0. The van der Waals surface area contributed by atoms with Crippen LogP contribution in [0.2, 0.25) is 5.15 Å². The van der Waals surface area contributed by atoms with E-state index in [1.165, 1.54) is 0 Å². The number of hydrogen-bond donors (Lipinski definition) is 3. The minimum absolute atomic E-state index is 0.235. The molecular formula is C10H16BrClN2O2. The van der Waals surface area contributed by atoms with Crippen LogP contribution in [-0.4, -0.2) is 31.6 Å². The van der Waals surface area contributed by atoms with Crippen molar-refractivity contribution in [2.45, 2.75) is 38.4 Å². The number of nitrogens with one attached hydrogen (secondary N) is 1. The van der Waals surface area contributed by atoms with Gasteiger partial charge in [-0.2, -0.15) is 0 Å². The smallest absolute Gasteiger partial charge is 0.153 e. The van der Waals surface area contributed by atoms with Gasteiger partial charge in [-0.25, -0.2) is 4.98 Å². The van der Waals surface area contributed by atoms with Crippen molar-refractivity contribution in [2.24, 2.45) is 0 Å². The molecule has 0 aromatic carbocycles. The van der Waals surface area contributed by atoms with E-state index in [0.717, 1.165) is 25.1 Å². The highest BCUT2D eigenvalue weighted by Gasteiger charge is 2.22. The standard InChI is InChI=1S/C10H16BrClN2O2/c1-2-3-4-7-13-8(10(12)14-7)9(16)6(15)5-11/h6,9,15-16H,2-5H2,1H3,(H,13,14). The van der Waals surface area contributed by atoms with Crippen LogP contribution in [0.5, 0.6) is 0 Å². The molecule has 1 aromatic heterocycles. The summed E-state index contributed by atoms with van der Waals surface area (Å²) in [6.07, 6.45) is 0.959. The molecule has 92 valence electrons. The number of aliphatic hydroxyl groups excluding tert-OH is 2. The maximum atomic E-state index is 9.77. The van der Waals surface area contributed by atoms with E-state index in [-0.39, 0.29) is 10.5 Å². The first-order chi connectivity index (χ1) is 7.60. The van der Waals surface area contributed by atoms with E-state index in [0.29, 0.717) is 5.69 Å². The Morgan fingerprint density at radius 1 is 1.50 bits per heavy atom. The molecule has 1 heterocycles. The van der Waals surface area contributed by atoms with Crippen LogP contribution in [0.25, 0.3) is 0 Å². The lowest BCUT2D eigenvalue weighted by Crippen LogP contribution is -2.20. The van der Waals surface area contributed by atoms with Crippen LogP contribution in [0.1, 0.15) is 37.4 Å². The summed E-state index contributed by atoms with van der Waals surface area (Å²) in [6.45, 7) is 2.09. The number of imidazole rings is 1. The number of unbranched alkanes of at least 4 members (excludes halogenated alkanes) is 1. The lowest BCUT2D eigenvalue weighted by atomic mass is 10.2. The van der Waals surface area contributed by atoms with Gasteiger partial charge in [-0.15, -0.1) is 0 Å². The molecule has 0 fully saturated rings. The van der Waals surface area contributed by atoms with Gasteiger partial charge in [0.2, 0.25) is 0 Å². The maximum Gasteiger partial charge on any atom is 0.153 e. The van der Waals surface area contributed by atoms with Crippen molar-refractivity contribution in [3.8, 4) is 0 Å². The second-order valence-electron chi connectivity index (χ2n) is 3.66. The molecule has 4 nitrogen and oxygen atoms in total. The Morgan fingerprint density at radius 3 is 2.75 bits per heavy atom. The summed E-state index contributed by atoms with van der Waals surface area (Å²) < 4.78 is 0. The van der Waals surface area contributed by atoms with Crippen LogP contribution >= 0.6 is 27.5 Å². The summed E-state index contributed by atoms with van der Waals surface area (Å²) >= 11 is 8.99. The fourth-order valence-corrected chi connectivity index (χ4v) is 1.96. The SMILES string of the molecule is CCCCc1nc(Cl)c(C(O)C(O)CBr)[nH]1. The number of alkyl halides is 1. The zero-order valence-corrected chi connectivity index (χ0v) is 11.4. The Morgan fingerprint density at radius 2 is 2.19 bits per heavy atom. The van der Waals surface area contributed by atoms with E-state index in [1.807, 2.05) is 0 Å². The van der Waals surface area contributed by atoms with Crippen LogP contribution in [0.15, 0.2) is 0 Å². The van der Waals surface area contributed by atoms with Gasteiger partial charge in [0, 0.05) is 11.8 Å². The Labute approximate surface area is 108 Å². The monoisotopic (exact) mass is 310 g/mol. The summed E-state index contributed by atoms with van der Waals surface area (Å²) in [5.41, 5.74) is 0.389. The van der Waals surface area contributed by atoms with Crippen LogP contribution in [0.3, 0.4) is 0 Å². The third-order valence-corrected chi connectivity index (χ3v) is 3.27. The predicted octanol–water partition coefficient (Wildman–Crippen LogP) is 2.19. The number of aromatic nitrogens is 2. The lowest BCUT2D eigenvalue weighted by Gasteiger charge is -2.13. The van der Waals surface area contributed by atoms with Crippen molar-refractivity contribution < 1.29 is 10.2 Å². The summed E-state index contributed by atoms with van der Waals surface area (Å²) in [5.74, 6) is 0.752. The van der Waals surface area contributed by atoms with Gasteiger partial charge < -0.3 is 15.2 Å². The predicted molar refractivity (Wildman–Crippen MR) is 67.0 cm³/mol. The topological polar surface area (TPSA) is 69.1 Å². The first-order valence-electron chi connectivity index (χ1n) is 5.26. The average Bonchev–Trinajstić information content (AvgIpc) is 2.65. The third-order valence-electron chi connectivity index (χ3n) is 2.32. The highest BCUT2D eigenvalue weighted by atomic mass is 79.9. The molecule has 0 saturated heterocycles. The molecule has 16 heavy (non-hydrogen) atoms. The summed E-state index contributed by atoms with van der Waals surface area (Å²) in [4.78, 5) is 7.07. The molecule has 0 aliphatic rings. The second kappa shape index (κ2) is 6.59. The summed E-state index contributed by atoms with van der Waals surface area (Å²) in [6, 6.07) is 0. The van der Waals surface area contributed by atoms with E-state index in [9.17, 15) is 10.2 Å². The highest BCUT2D eigenvalue weighted by Crippen LogP contribution is 2.24. The highest BCUT2D eigenvalue weighted by molar-refractivity contribution is 9.09. The molecule has 1 rings (SSSR count). The molecule has 0 aliphatic heterocycles. The van der Waals surface area contributed by atoms with Crippen molar-refractivity contribution in [1.29, 1.82) is 0 Å². The molecule has 0 spiro atoms. The quantitative estimate of drug-likeness (QED) is 0.705. The van der Waals surface area contributed by atoms with Gasteiger partial charge in [0.1, 0.15) is 11.9 Å². The Kier molecular flexibility index (Phi) is 5.75. The van der Waals surface area contributed by atoms with Gasteiger partial charge in [-0.05, 0) is 6.42 Å². The van der Waals surface area contributed by atoms with E-state index in [4.69, 9.17) is 11.6 Å². The Hall–Kier alpha value is -0.100. The number of aliphatic hydroxyl groups is 2. The second-order valence-corrected chi connectivity index (χ2v) is 4.66. The molecule has 0 saturated carbocycles. The molecule has 0 amide bonds. The number of hydrogen-bond acceptors (Lipinski definition) is 3.